The van der Waals surface area contributed by atoms with E-state index < -0.39 is 0 Å². The Bertz CT molecular complexity index is 2610. The molecule has 0 aliphatic carbocycles. The van der Waals surface area contributed by atoms with E-state index in [0.717, 1.165) is 34.7 Å². The number of nitrogens with zero attached hydrogens (tertiary/aromatic N) is 3. The van der Waals surface area contributed by atoms with Crippen LogP contribution in [0.1, 0.15) is 45.9 Å². The molecule has 8 aromatic carbocycles. The minimum absolute atomic E-state index is 0.967. The Morgan fingerprint density at radius 3 is 1.44 bits per heavy atom. The Morgan fingerprint density at radius 2 is 0.915 bits per heavy atom. The van der Waals surface area contributed by atoms with Gasteiger partial charge in [-0.25, -0.2) is 5.01 Å². The molecule has 288 valence electrons. The molecule has 0 radical (unpaired) electrons. The Kier molecular flexibility index (Phi) is 11.7. The summed E-state index contributed by atoms with van der Waals surface area (Å²) < 4.78 is 0. The van der Waals surface area contributed by atoms with Gasteiger partial charge < -0.3 is 4.90 Å². The predicted octanol–water partition coefficient (Wildman–Crippen LogP) is 15.3. The molecule has 0 saturated heterocycles. The highest BCUT2D eigenvalue weighted by Gasteiger charge is 2.18. The van der Waals surface area contributed by atoms with Crippen LogP contribution >= 0.6 is 0 Å². The van der Waals surface area contributed by atoms with Crippen LogP contribution in [-0.4, -0.2) is 6.21 Å². The minimum atomic E-state index is 0.967. The third kappa shape index (κ3) is 8.86. The Labute approximate surface area is 349 Å². The molecule has 0 aromatic heterocycles. The molecular formula is C56H49N3. The minimum Gasteiger partial charge on any atom is -0.310 e. The summed E-state index contributed by atoms with van der Waals surface area (Å²) in [5.41, 5.74) is 18.7. The topological polar surface area (TPSA) is 18.8 Å². The van der Waals surface area contributed by atoms with Gasteiger partial charge in [-0.2, -0.15) is 5.10 Å². The first-order valence-electron chi connectivity index (χ1n) is 20.4. The average Bonchev–Trinajstić information content (AvgIpc) is 3.28. The lowest BCUT2D eigenvalue weighted by molar-refractivity contribution is 1.09. The summed E-state index contributed by atoms with van der Waals surface area (Å²) in [6.07, 6.45) is 7.37. The van der Waals surface area contributed by atoms with Crippen LogP contribution in [0.4, 0.5) is 28.4 Å². The van der Waals surface area contributed by atoms with Gasteiger partial charge >= 0.3 is 0 Å². The fourth-order valence-corrected chi connectivity index (χ4v) is 7.70. The number of hydrogen-bond donors (Lipinski definition) is 0. The maximum atomic E-state index is 5.08. The molecule has 0 saturated carbocycles. The van der Waals surface area contributed by atoms with Crippen molar-refractivity contribution >= 4 is 46.8 Å². The van der Waals surface area contributed by atoms with E-state index in [1.165, 1.54) is 61.3 Å². The highest BCUT2D eigenvalue weighted by molar-refractivity contribution is 5.85. The van der Waals surface area contributed by atoms with Gasteiger partial charge in [-0.1, -0.05) is 159 Å². The molecule has 0 unspecified atom stereocenters. The number of rotatable bonds is 12. The van der Waals surface area contributed by atoms with Crippen LogP contribution in [-0.2, 0) is 6.42 Å². The van der Waals surface area contributed by atoms with E-state index in [1.807, 2.05) is 23.4 Å². The SMILES string of the molecule is CCc1cccc(C)c1N(c1ccccc1)c1ccc(/C=C/c2ccc(/C=N/N(c3ccc(-c4ccccc4)cc3)c3ccc(-c4ccccc4)cc3)cc2C)c(C)c1. The molecule has 0 aliphatic heterocycles. The number of hydrazone groups is 1. The number of benzene rings is 8. The van der Waals surface area contributed by atoms with Crippen molar-refractivity contribution in [3.8, 4) is 22.3 Å². The van der Waals surface area contributed by atoms with E-state index in [4.69, 9.17) is 5.10 Å². The summed E-state index contributed by atoms with van der Waals surface area (Å²) in [7, 11) is 0. The number of anilines is 5. The summed E-state index contributed by atoms with van der Waals surface area (Å²) in [6, 6.07) is 68.8. The molecular weight excluding hydrogens is 715 g/mol. The van der Waals surface area contributed by atoms with E-state index >= 15 is 0 Å². The van der Waals surface area contributed by atoms with Crippen molar-refractivity contribution in [3.63, 3.8) is 0 Å². The molecule has 0 aliphatic rings. The second-order valence-electron chi connectivity index (χ2n) is 15.0. The van der Waals surface area contributed by atoms with Crippen molar-refractivity contribution in [2.24, 2.45) is 5.10 Å². The summed E-state index contributed by atoms with van der Waals surface area (Å²) in [4.78, 5) is 2.40. The smallest absolute Gasteiger partial charge is 0.0653 e. The molecule has 0 N–H and O–H groups in total. The molecule has 59 heavy (non-hydrogen) atoms. The van der Waals surface area contributed by atoms with Gasteiger partial charge in [-0.3, -0.25) is 0 Å². The third-order valence-corrected chi connectivity index (χ3v) is 10.9. The van der Waals surface area contributed by atoms with E-state index in [2.05, 4.69) is 227 Å². The molecule has 8 rings (SSSR count). The highest BCUT2D eigenvalue weighted by Crippen LogP contribution is 2.40. The molecule has 0 atom stereocenters. The van der Waals surface area contributed by atoms with Crippen molar-refractivity contribution in [1.29, 1.82) is 0 Å². The van der Waals surface area contributed by atoms with Crippen LogP contribution in [0.2, 0.25) is 0 Å². The molecule has 0 fully saturated rings. The zero-order valence-corrected chi connectivity index (χ0v) is 34.3. The van der Waals surface area contributed by atoms with Crippen molar-refractivity contribution in [2.75, 3.05) is 9.91 Å². The van der Waals surface area contributed by atoms with Gasteiger partial charge in [0, 0.05) is 11.4 Å². The second-order valence-corrected chi connectivity index (χ2v) is 15.0. The highest BCUT2D eigenvalue weighted by atomic mass is 15.5. The van der Waals surface area contributed by atoms with E-state index in [0.29, 0.717) is 0 Å². The van der Waals surface area contributed by atoms with Crippen molar-refractivity contribution in [1.82, 2.24) is 0 Å². The summed E-state index contributed by atoms with van der Waals surface area (Å²) in [5.74, 6) is 0. The van der Waals surface area contributed by atoms with Crippen LogP contribution < -0.4 is 9.91 Å². The van der Waals surface area contributed by atoms with Crippen molar-refractivity contribution in [2.45, 2.75) is 34.1 Å². The quantitative estimate of drug-likeness (QED) is 0.0701. The number of para-hydroxylation sites is 2. The van der Waals surface area contributed by atoms with Crippen LogP contribution in [0.5, 0.6) is 0 Å². The van der Waals surface area contributed by atoms with Gasteiger partial charge in [0.25, 0.3) is 0 Å². The van der Waals surface area contributed by atoms with Crippen LogP contribution in [0.25, 0.3) is 34.4 Å². The summed E-state index contributed by atoms with van der Waals surface area (Å²) >= 11 is 0. The molecule has 0 spiro atoms. The van der Waals surface area contributed by atoms with Crippen molar-refractivity contribution in [3.05, 3.63) is 233 Å². The summed E-state index contributed by atoms with van der Waals surface area (Å²) in [6.45, 7) is 8.81. The normalized spacial score (nSPS) is 11.3. The maximum Gasteiger partial charge on any atom is 0.0653 e. The van der Waals surface area contributed by atoms with Gasteiger partial charge in [0.1, 0.15) is 0 Å². The Morgan fingerprint density at radius 1 is 0.424 bits per heavy atom. The Balaban J connectivity index is 1.05. The maximum absolute atomic E-state index is 5.08. The third-order valence-electron chi connectivity index (χ3n) is 10.9. The molecule has 3 nitrogen and oxygen atoms in total. The van der Waals surface area contributed by atoms with E-state index in [9.17, 15) is 0 Å². The monoisotopic (exact) mass is 763 g/mol. The average molecular weight is 764 g/mol. The van der Waals surface area contributed by atoms with Crippen LogP contribution in [0, 0.1) is 20.8 Å². The fourth-order valence-electron chi connectivity index (χ4n) is 7.70. The zero-order chi connectivity index (χ0) is 40.6. The molecule has 0 amide bonds. The first-order valence-corrected chi connectivity index (χ1v) is 20.4. The molecule has 8 aromatic rings. The first-order chi connectivity index (χ1) is 28.9. The predicted molar refractivity (Wildman–Crippen MR) is 254 cm³/mol. The molecule has 0 heterocycles. The Hall–Kier alpha value is -7.23. The van der Waals surface area contributed by atoms with E-state index in [-0.39, 0.29) is 0 Å². The number of aryl methyl sites for hydroxylation is 4. The van der Waals surface area contributed by atoms with Crippen LogP contribution in [0.15, 0.2) is 199 Å². The largest absolute Gasteiger partial charge is 0.310 e. The number of hydrogen-bond acceptors (Lipinski definition) is 3. The van der Waals surface area contributed by atoms with Crippen molar-refractivity contribution < 1.29 is 0 Å². The van der Waals surface area contributed by atoms with Gasteiger partial charge in [0.15, 0.2) is 0 Å². The molecule has 3 heteroatoms. The van der Waals surface area contributed by atoms with E-state index in [1.54, 1.807) is 0 Å². The molecule has 0 bridgehead atoms. The first kappa shape index (κ1) is 38.6. The second kappa shape index (κ2) is 17.9. The zero-order valence-electron chi connectivity index (χ0n) is 34.3. The van der Waals surface area contributed by atoms with Gasteiger partial charge in [0.2, 0.25) is 0 Å². The van der Waals surface area contributed by atoms with Gasteiger partial charge in [-0.05, 0) is 143 Å². The summed E-state index contributed by atoms with van der Waals surface area (Å²) in [5, 5.41) is 7.10. The van der Waals surface area contributed by atoms with Crippen LogP contribution in [0.3, 0.4) is 0 Å². The lowest BCUT2D eigenvalue weighted by Gasteiger charge is -2.29. The lowest BCUT2D eigenvalue weighted by atomic mass is 10.0. The van der Waals surface area contributed by atoms with Gasteiger partial charge in [-0.15, -0.1) is 0 Å². The lowest BCUT2D eigenvalue weighted by Crippen LogP contribution is -2.13. The van der Waals surface area contributed by atoms with Gasteiger partial charge in [0.05, 0.1) is 23.3 Å². The fraction of sp³-hybridized carbons (Fsp3) is 0.0893. The standard InChI is InChI=1S/C56H49N3/c1-5-45-21-15-16-41(2)56(45)58(52-22-13-8-14-23-52)55-37-28-47(43(4)39-55)27-26-46-25-24-44(38-42(46)3)40-57-59(53-33-29-50(30-34-53)48-17-9-6-10-18-48)54-35-31-51(32-36-54)49-19-11-7-12-20-49/h6-40H,5H2,1-4H3/b27-26+,57-40+.